The number of pyridine rings is 1. The minimum Gasteiger partial charge on any atom is -0.453 e. The minimum atomic E-state index is -1.87. The smallest absolute Gasteiger partial charge is 0.348 e. The number of esters is 1. The highest BCUT2D eigenvalue weighted by atomic mass is 16.6. The molecule has 37 heavy (non-hydrogen) atoms. The summed E-state index contributed by atoms with van der Waals surface area (Å²) in [5.41, 5.74) is -0.445. The highest BCUT2D eigenvalue weighted by Crippen LogP contribution is 2.38. The topological polar surface area (TPSA) is 88.5 Å². The van der Waals surface area contributed by atoms with Crippen LogP contribution in [0.1, 0.15) is 40.9 Å². The van der Waals surface area contributed by atoms with Crippen molar-refractivity contribution in [3.05, 3.63) is 102 Å². The number of fused-ring (bicyclic) bond motifs is 3. The van der Waals surface area contributed by atoms with Gasteiger partial charge in [0.1, 0.15) is 12.2 Å². The lowest BCUT2D eigenvalue weighted by Gasteiger charge is -2.52. The molecule has 0 spiro atoms. The molecule has 1 amide bonds. The molecule has 0 radical (unpaired) electrons. The van der Waals surface area contributed by atoms with Gasteiger partial charge < -0.3 is 19.6 Å². The second kappa shape index (κ2) is 10.8. The zero-order chi connectivity index (χ0) is 25.7. The Morgan fingerprint density at radius 1 is 0.946 bits per heavy atom. The lowest BCUT2D eigenvalue weighted by Crippen LogP contribution is -2.65. The quantitative estimate of drug-likeness (QED) is 0.267. The molecule has 3 aromatic rings. The van der Waals surface area contributed by atoms with E-state index in [0.717, 1.165) is 49.9 Å². The standard InChI is InChI=1S/C30H33N3O4/c34-28(26-14-7-8-17-31-26)32-18-9-19-33-20-15-23(16-21-33)27(22-33)37-29(35)30(36,24-10-3-1-4-11-24)25-12-5-2-6-13-25/h1-8,10-14,17,23,27,36H,9,15-16,18-22H2/p+1. The van der Waals surface area contributed by atoms with E-state index in [1.807, 2.05) is 36.4 Å². The number of nitrogens with zero attached hydrogens (tertiary/aromatic N) is 2. The van der Waals surface area contributed by atoms with Gasteiger partial charge >= 0.3 is 5.97 Å². The molecule has 4 heterocycles. The van der Waals surface area contributed by atoms with Gasteiger partial charge in [0.15, 0.2) is 6.10 Å². The van der Waals surface area contributed by atoms with E-state index in [1.165, 1.54) is 0 Å². The number of amides is 1. The Morgan fingerprint density at radius 2 is 1.57 bits per heavy atom. The van der Waals surface area contributed by atoms with E-state index in [-0.39, 0.29) is 12.0 Å². The first kappa shape index (κ1) is 25.1. The van der Waals surface area contributed by atoms with Gasteiger partial charge in [0.2, 0.25) is 5.60 Å². The van der Waals surface area contributed by atoms with Gasteiger partial charge in [-0.1, -0.05) is 66.7 Å². The first-order valence-electron chi connectivity index (χ1n) is 13.1. The third-order valence-corrected chi connectivity index (χ3v) is 7.97. The molecule has 0 aliphatic carbocycles. The molecule has 1 unspecified atom stereocenters. The van der Waals surface area contributed by atoms with Crippen molar-refractivity contribution < 1.29 is 23.9 Å². The van der Waals surface area contributed by atoms with E-state index in [2.05, 4.69) is 10.3 Å². The van der Waals surface area contributed by atoms with Crippen LogP contribution in [0.2, 0.25) is 0 Å². The average molecular weight is 501 g/mol. The summed E-state index contributed by atoms with van der Waals surface area (Å²) in [6, 6.07) is 23.3. The normalized spacial score (nSPS) is 22.8. The van der Waals surface area contributed by atoms with Crippen molar-refractivity contribution in [2.24, 2.45) is 5.92 Å². The molecular weight excluding hydrogens is 466 g/mol. The van der Waals surface area contributed by atoms with E-state index in [4.69, 9.17) is 4.74 Å². The van der Waals surface area contributed by atoms with Crippen LogP contribution in [0.3, 0.4) is 0 Å². The van der Waals surface area contributed by atoms with Crippen molar-refractivity contribution in [2.45, 2.75) is 31.0 Å². The number of carbonyl (C=O) groups excluding carboxylic acids is 2. The van der Waals surface area contributed by atoms with Gasteiger partial charge in [0, 0.05) is 37.9 Å². The Kier molecular flexibility index (Phi) is 7.35. The van der Waals surface area contributed by atoms with Gasteiger partial charge in [-0.3, -0.25) is 9.78 Å². The third-order valence-electron chi connectivity index (χ3n) is 7.97. The van der Waals surface area contributed by atoms with Gasteiger partial charge in [-0.05, 0) is 23.3 Å². The molecule has 3 aliphatic heterocycles. The Morgan fingerprint density at radius 3 is 2.16 bits per heavy atom. The Labute approximate surface area is 217 Å². The Bertz CT molecular complexity index is 1160. The molecule has 1 aromatic heterocycles. The summed E-state index contributed by atoms with van der Waals surface area (Å²) < 4.78 is 7.02. The summed E-state index contributed by atoms with van der Waals surface area (Å²) in [4.78, 5) is 30.0. The van der Waals surface area contributed by atoms with Gasteiger partial charge in [-0.2, -0.15) is 0 Å². The van der Waals surface area contributed by atoms with Crippen LogP contribution in [0, 0.1) is 5.92 Å². The molecule has 1 atom stereocenters. The van der Waals surface area contributed by atoms with Gasteiger partial charge in [0.05, 0.1) is 19.6 Å². The number of aliphatic hydroxyl groups is 1. The fourth-order valence-corrected chi connectivity index (χ4v) is 5.86. The summed E-state index contributed by atoms with van der Waals surface area (Å²) in [6.07, 6.45) is 4.20. The number of aromatic nitrogens is 1. The van der Waals surface area contributed by atoms with Crippen LogP contribution >= 0.6 is 0 Å². The van der Waals surface area contributed by atoms with Gasteiger partial charge in [0.25, 0.3) is 5.91 Å². The van der Waals surface area contributed by atoms with Crippen molar-refractivity contribution >= 4 is 11.9 Å². The number of rotatable bonds is 9. The monoisotopic (exact) mass is 500 g/mol. The Balaban J connectivity index is 1.24. The van der Waals surface area contributed by atoms with Crippen LogP contribution in [-0.2, 0) is 15.1 Å². The third kappa shape index (κ3) is 5.29. The van der Waals surface area contributed by atoms with Crippen LogP contribution in [0.4, 0.5) is 0 Å². The van der Waals surface area contributed by atoms with Crippen molar-refractivity contribution in [3.63, 3.8) is 0 Å². The zero-order valence-corrected chi connectivity index (χ0v) is 21.0. The molecule has 6 rings (SSSR count). The van der Waals surface area contributed by atoms with E-state index in [9.17, 15) is 14.7 Å². The number of benzene rings is 2. The maximum absolute atomic E-state index is 13.7. The summed E-state index contributed by atoms with van der Waals surface area (Å²) in [5, 5.41) is 14.7. The van der Waals surface area contributed by atoms with E-state index in [1.54, 1.807) is 48.7 Å². The number of quaternary nitrogens is 1. The number of carbonyl (C=O) groups is 2. The van der Waals surface area contributed by atoms with Crippen LogP contribution in [0.15, 0.2) is 85.1 Å². The highest BCUT2D eigenvalue weighted by molar-refractivity contribution is 5.92. The van der Waals surface area contributed by atoms with Gasteiger partial charge in [-0.15, -0.1) is 0 Å². The van der Waals surface area contributed by atoms with E-state index >= 15 is 0 Å². The molecule has 2 bridgehead atoms. The second-order valence-electron chi connectivity index (χ2n) is 10.2. The molecule has 7 nitrogen and oxygen atoms in total. The molecule has 2 aromatic carbocycles. The van der Waals surface area contributed by atoms with Crippen molar-refractivity contribution in [3.8, 4) is 0 Å². The first-order chi connectivity index (χ1) is 18.0. The molecule has 2 N–H and O–H groups in total. The van der Waals surface area contributed by atoms with E-state index in [0.29, 0.717) is 29.3 Å². The molecular formula is C30H34N3O4+. The molecule has 3 saturated heterocycles. The molecule has 3 aliphatic rings. The van der Waals surface area contributed by atoms with E-state index < -0.39 is 11.6 Å². The molecule has 7 heteroatoms. The van der Waals surface area contributed by atoms with Crippen molar-refractivity contribution in [1.29, 1.82) is 0 Å². The predicted octanol–water partition coefficient (Wildman–Crippen LogP) is 3.29. The predicted molar refractivity (Wildman–Crippen MR) is 139 cm³/mol. The highest BCUT2D eigenvalue weighted by Gasteiger charge is 2.50. The van der Waals surface area contributed by atoms with Crippen LogP contribution in [0.5, 0.6) is 0 Å². The summed E-state index contributed by atoms with van der Waals surface area (Å²) in [5.74, 6) is -0.473. The van der Waals surface area contributed by atoms with Crippen molar-refractivity contribution in [1.82, 2.24) is 10.3 Å². The van der Waals surface area contributed by atoms with Crippen LogP contribution < -0.4 is 5.32 Å². The number of nitrogens with one attached hydrogen (secondary N) is 1. The number of piperidine rings is 3. The van der Waals surface area contributed by atoms with Crippen molar-refractivity contribution in [2.75, 3.05) is 32.7 Å². The minimum absolute atomic E-state index is 0.161. The maximum Gasteiger partial charge on any atom is 0.348 e. The second-order valence-corrected chi connectivity index (χ2v) is 10.2. The van der Waals surface area contributed by atoms with Crippen LogP contribution in [-0.4, -0.2) is 65.3 Å². The zero-order valence-electron chi connectivity index (χ0n) is 21.0. The average Bonchev–Trinajstić information content (AvgIpc) is 2.96. The first-order valence-corrected chi connectivity index (χ1v) is 13.1. The lowest BCUT2D eigenvalue weighted by molar-refractivity contribution is -0.946. The summed E-state index contributed by atoms with van der Waals surface area (Å²) in [7, 11) is 0. The maximum atomic E-state index is 13.7. The molecule has 0 saturated carbocycles. The van der Waals surface area contributed by atoms with Crippen LogP contribution in [0.25, 0.3) is 0 Å². The summed E-state index contributed by atoms with van der Waals surface area (Å²) in [6.45, 7) is 4.32. The number of hydrogen-bond donors (Lipinski definition) is 2. The fourth-order valence-electron chi connectivity index (χ4n) is 5.86. The van der Waals surface area contributed by atoms with Gasteiger partial charge in [-0.25, -0.2) is 4.79 Å². The fraction of sp³-hybridized carbons (Fsp3) is 0.367. The molecule has 3 fully saturated rings. The Hall–Kier alpha value is -3.55. The summed E-state index contributed by atoms with van der Waals surface area (Å²) >= 11 is 0. The number of ether oxygens (including phenoxy) is 1. The number of hydrogen-bond acceptors (Lipinski definition) is 5. The largest absolute Gasteiger partial charge is 0.453 e. The SMILES string of the molecule is O=C(NCCC[N+]12CCC(CC1)C(OC(=O)C(O)(c1ccccc1)c1ccccc1)C2)c1ccccn1. The molecule has 192 valence electrons. The lowest BCUT2D eigenvalue weighted by atomic mass is 9.82.